The number of hydrogen-bond donors (Lipinski definition) is 2. The summed E-state index contributed by atoms with van der Waals surface area (Å²) in [4.78, 5) is 16.0. The topological polar surface area (TPSA) is 92.9 Å². The van der Waals surface area contributed by atoms with Crippen molar-refractivity contribution < 1.29 is 13.6 Å². The summed E-state index contributed by atoms with van der Waals surface area (Å²) in [5.74, 6) is -1.08. The monoisotopic (exact) mass is 470 g/mol. The standard InChI is InChI=1S/C23H24F2N6OS/c1-3-20(32)31-23(16-8-5-4-6-9-16,12-7-13-28-22(27-2)29-15-26)33-21(30-31)18-14-17(24)10-11-19(18)25/h4-6,8-11,14H,3,7,12-13H2,1-2H3,(H2,27,28,29). The Labute approximate surface area is 195 Å². The molecular weight excluding hydrogens is 446 g/mol. The van der Waals surface area contributed by atoms with E-state index in [4.69, 9.17) is 5.26 Å². The molecule has 2 N–H and O–H groups in total. The second-order valence-corrected chi connectivity index (χ2v) is 8.45. The number of halogens is 2. The van der Waals surface area contributed by atoms with E-state index in [-0.39, 0.29) is 22.9 Å². The highest BCUT2D eigenvalue weighted by molar-refractivity contribution is 8.15. The fourth-order valence-electron chi connectivity index (χ4n) is 3.52. The highest BCUT2D eigenvalue weighted by atomic mass is 32.2. The van der Waals surface area contributed by atoms with E-state index in [0.29, 0.717) is 25.3 Å². The van der Waals surface area contributed by atoms with Crippen LogP contribution < -0.4 is 10.6 Å². The number of nitrogens with one attached hydrogen (secondary N) is 2. The normalized spacial score (nSPS) is 18.0. The molecule has 1 amide bonds. The number of hydrazone groups is 1. The summed E-state index contributed by atoms with van der Waals surface area (Å²) < 4.78 is 28.5. The molecule has 2 aromatic rings. The van der Waals surface area contributed by atoms with Crippen molar-refractivity contribution in [1.29, 1.82) is 5.26 Å². The molecule has 172 valence electrons. The van der Waals surface area contributed by atoms with E-state index in [9.17, 15) is 13.6 Å². The highest BCUT2D eigenvalue weighted by Crippen LogP contribution is 2.50. The Morgan fingerprint density at radius 3 is 2.70 bits per heavy atom. The van der Waals surface area contributed by atoms with Gasteiger partial charge in [-0.05, 0) is 36.6 Å². The van der Waals surface area contributed by atoms with Crippen molar-refractivity contribution in [1.82, 2.24) is 15.6 Å². The van der Waals surface area contributed by atoms with Gasteiger partial charge in [0, 0.05) is 25.6 Å². The number of nitriles is 1. The Bertz CT molecular complexity index is 1100. The largest absolute Gasteiger partial charge is 0.356 e. The average Bonchev–Trinajstić information content (AvgIpc) is 3.23. The van der Waals surface area contributed by atoms with Crippen LogP contribution in [0.3, 0.4) is 0 Å². The summed E-state index contributed by atoms with van der Waals surface area (Å²) in [5, 5.41) is 20.4. The summed E-state index contributed by atoms with van der Waals surface area (Å²) in [6, 6.07) is 12.6. The summed E-state index contributed by atoms with van der Waals surface area (Å²) in [6.07, 6.45) is 3.06. The zero-order valence-corrected chi connectivity index (χ0v) is 19.1. The minimum absolute atomic E-state index is 0.0171. The molecule has 7 nitrogen and oxygen atoms in total. The molecule has 0 fully saturated rings. The van der Waals surface area contributed by atoms with Gasteiger partial charge < -0.3 is 5.32 Å². The lowest BCUT2D eigenvalue weighted by Gasteiger charge is -2.36. The number of thioether (sulfide) groups is 1. The maximum Gasteiger partial charge on any atom is 0.244 e. The van der Waals surface area contributed by atoms with Crippen molar-refractivity contribution >= 4 is 28.7 Å². The van der Waals surface area contributed by atoms with Gasteiger partial charge in [-0.15, -0.1) is 0 Å². The Kier molecular flexibility index (Phi) is 8.01. The number of carbonyl (C=O) groups excluding carboxylic acids is 1. The summed E-state index contributed by atoms with van der Waals surface area (Å²) in [7, 11) is 1.56. The third-order valence-corrected chi connectivity index (χ3v) is 6.55. The van der Waals surface area contributed by atoms with Crippen LogP contribution in [0, 0.1) is 23.1 Å². The number of hydrogen-bond acceptors (Lipinski definition) is 5. The molecule has 2 aromatic carbocycles. The minimum Gasteiger partial charge on any atom is -0.356 e. The molecule has 33 heavy (non-hydrogen) atoms. The maximum atomic E-state index is 14.6. The van der Waals surface area contributed by atoms with Crippen molar-refractivity contribution in [3.8, 4) is 6.19 Å². The zero-order chi connectivity index (χ0) is 23.8. The highest BCUT2D eigenvalue weighted by Gasteiger charge is 2.48. The number of rotatable bonds is 7. The second kappa shape index (κ2) is 10.9. The Balaban J connectivity index is 1.96. The molecule has 0 aliphatic carbocycles. The predicted octanol–water partition coefficient (Wildman–Crippen LogP) is 3.89. The molecule has 1 heterocycles. The first-order valence-corrected chi connectivity index (χ1v) is 11.2. The second-order valence-electron chi connectivity index (χ2n) is 7.18. The molecule has 0 saturated heterocycles. The zero-order valence-electron chi connectivity index (χ0n) is 18.3. The fourth-order valence-corrected chi connectivity index (χ4v) is 4.96. The lowest BCUT2D eigenvalue weighted by molar-refractivity contribution is -0.134. The van der Waals surface area contributed by atoms with Gasteiger partial charge in [-0.3, -0.25) is 15.1 Å². The van der Waals surface area contributed by atoms with Gasteiger partial charge in [-0.25, -0.2) is 13.8 Å². The van der Waals surface area contributed by atoms with Crippen molar-refractivity contribution in [3.05, 3.63) is 71.3 Å². The van der Waals surface area contributed by atoms with E-state index in [1.807, 2.05) is 36.5 Å². The lowest BCUT2D eigenvalue weighted by atomic mass is 10.00. The smallest absolute Gasteiger partial charge is 0.244 e. The van der Waals surface area contributed by atoms with Gasteiger partial charge in [0.1, 0.15) is 21.5 Å². The SMILES string of the molecule is CCC(=O)N1N=C(c2cc(F)ccc2F)SC1(CCCNC(=NC)NC#N)c1ccccc1. The van der Waals surface area contributed by atoms with Crippen LogP contribution in [0.4, 0.5) is 8.78 Å². The molecule has 0 aromatic heterocycles. The maximum absolute atomic E-state index is 14.6. The van der Waals surface area contributed by atoms with Gasteiger partial charge in [0.15, 0.2) is 6.19 Å². The molecule has 1 aliphatic heterocycles. The van der Waals surface area contributed by atoms with Gasteiger partial charge in [0.05, 0.1) is 0 Å². The number of guanidine groups is 1. The van der Waals surface area contributed by atoms with Crippen LogP contribution >= 0.6 is 11.8 Å². The van der Waals surface area contributed by atoms with Crippen molar-refractivity contribution in [2.24, 2.45) is 10.1 Å². The van der Waals surface area contributed by atoms with E-state index in [0.717, 1.165) is 23.8 Å². The van der Waals surface area contributed by atoms with Gasteiger partial charge in [0.2, 0.25) is 11.9 Å². The van der Waals surface area contributed by atoms with E-state index < -0.39 is 16.5 Å². The van der Waals surface area contributed by atoms with Gasteiger partial charge in [-0.2, -0.15) is 10.4 Å². The van der Waals surface area contributed by atoms with Crippen LogP contribution in [0.5, 0.6) is 0 Å². The fraction of sp³-hybridized carbons (Fsp3) is 0.304. The molecule has 1 atom stereocenters. The first-order valence-electron chi connectivity index (χ1n) is 10.4. The number of amides is 1. The molecule has 10 heteroatoms. The molecule has 1 unspecified atom stereocenters. The summed E-state index contributed by atoms with van der Waals surface area (Å²) >= 11 is 1.24. The van der Waals surface area contributed by atoms with Crippen LogP contribution in [0.25, 0.3) is 0 Å². The first-order chi connectivity index (χ1) is 15.9. The van der Waals surface area contributed by atoms with Crippen LogP contribution in [-0.4, -0.2) is 35.5 Å². The van der Waals surface area contributed by atoms with E-state index in [2.05, 4.69) is 20.7 Å². The first kappa shape index (κ1) is 24.2. The molecule has 3 rings (SSSR count). The van der Waals surface area contributed by atoms with E-state index in [1.165, 1.54) is 16.8 Å². The van der Waals surface area contributed by atoms with Crippen molar-refractivity contribution in [2.75, 3.05) is 13.6 Å². The molecule has 0 bridgehead atoms. The quantitative estimate of drug-likeness (QED) is 0.211. The van der Waals surface area contributed by atoms with Gasteiger partial charge in [0.25, 0.3) is 0 Å². The number of nitrogens with zero attached hydrogens (tertiary/aromatic N) is 4. The van der Waals surface area contributed by atoms with Crippen molar-refractivity contribution in [3.63, 3.8) is 0 Å². The third-order valence-electron chi connectivity index (χ3n) is 5.10. The predicted molar refractivity (Wildman–Crippen MR) is 125 cm³/mol. The van der Waals surface area contributed by atoms with Gasteiger partial charge in [-0.1, -0.05) is 49.0 Å². The molecule has 0 radical (unpaired) electrons. The number of carbonyl (C=O) groups is 1. The molecular formula is C23H24F2N6OS. The van der Waals surface area contributed by atoms with E-state index in [1.54, 1.807) is 14.0 Å². The minimum atomic E-state index is -0.934. The van der Waals surface area contributed by atoms with Crippen LogP contribution in [0.1, 0.15) is 37.3 Å². The number of benzene rings is 2. The third kappa shape index (κ3) is 5.31. The van der Waals surface area contributed by atoms with Crippen molar-refractivity contribution in [2.45, 2.75) is 31.1 Å². The molecule has 0 saturated carbocycles. The molecule has 1 aliphatic rings. The summed E-state index contributed by atoms with van der Waals surface area (Å²) in [5.41, 5.74) is 0.843. The lowest BCUT2D eigenvalue weighted by Crippen LogP contribution is -2.42. The molecule has 0 spiro atoms. The van der Waals surface area contributed by atoms with Gasteiger partial charge >= 0.3 is 0 Å². The number of aliphatic imine (C=N–C) groups is 1. The van der Waals surface area contributed by atoms with Crippen LogP contribution in [0.15, 0.2) is 58.6 Å². The summed E-state index contributed by atoms with van der Waals surface area (Å²) in [6.45, 7) is 2.20. The van der Waals surface area contributed by atoms with Crippen LogP contribution in [0.2, 0.25) is 0 Å². The Hall–Kier alpha value is -3.45. The average molecular weight is 471 g/mol. The van der Waals surface area contributed by atoms with E-state index >= 15 is 0 Å². The Morgan fingerprint density at radius 1 is 1.27 bits per heavy atom. The van der Waals surface area contributed by atoms with Crippen LogP contribution in [-0.2, 0) is 9.67 Å². The Morgan fingerprint density at radius 2 is 2.03 bits per heavy atom.